The number of benzene rings is 2. The van der Waals surface area contributed by atoms with Crippen molar-refractivity contribution >= 4 is 27.6 Å². The average Bonchev–Trinajstić information content (AvgIpc) is 2.89. The van der Waals surface area contributed by atoms with Gasteiger partial charge in [-0.25, -0.2) is 0 Å². The van der Waals surface area contributed by atoms with Gasteiger partial charge in [0, 0.05) is 10.2 Å². The molecule has 3 rings (SSSR count). The Bertz CT molecular complexity index is 661. The Morgan fingerprint density at radius 3 is 2.42 bits per heavy atom. The van der Waals surface area contributed by atoms with Crippen molar-refractivity contribution < 1.29 is 0 Å². The van der Waals surface area contributed by atoms with Gasteiger partial charge in [-0.05, 0) is 36.4 Å². The summed E-state index contributed by atoms with van der Waals surface area (Å²) in [5, 5.41) is 11.3. The Balaban J connectivity index is 1.92. The molecule has 5 heteroatoms. The normalized spacial score (nSPS) is 10.4. The van der Waals surface area contributed by atoms with Gasteiger partial charge in [0.1, 0.15) is 6.33 Å². The fraction of sp³-hybridized carbons (Fsp3) is 0. The van der Waals surface area contributed by atoms with E-state index in [0.29, 0.717) is 5.95 Å². The van der Waals surface area contributed by atoms with Crippen molar-refractivity contribution in [3.63, 3.8) is 0 Å². The molecule has 0 bridgehead atoms. The predicted octanol–water partition coefficient (Wildman–Crippen LogP) is 3.77. The molecule has 0 spiro atoms. The number of para-hydroxylation sites is 1. The van der Waals surface area contributed by atoms with E-state index >= 15 is 0 Å². The van der Waals surface area contributed by atoms with Gasteiger partial charge in [0.05, 0.1) is 5.69 Å². The van der Waals surface area contributed by atoms with Crippen LogP contribution in [0.15, 0.2) is 65.4 Å². The monoisotopic (exact) mass is 314 g/mol. The molecule has 94 valence electrons. The number of anilines is 2. The molecule has 0 aliphatic carbocycles. The summed E-state index contributed by atoms with van der Waals surface area (Å²) in [5.41, 5.74) is 1.99. The second-order valence-corrected chi connectivity index (χ2v) is 4.91. The first-order valence-corrected chi connectivity index (χ1v) is 6.60. The van der Waals surface area contributed by atoms with Gasteiger partial charge < -0.3 is 5.32 Å². The zero-order chi connectivity index (χ0) is 13.1. The Morgan fingerprint density at radius 1 is 0.947 bits per heavy atom. The highest BCUT2D eigenvalue weighted by atomic mass is 79.9. The van der Waals surface area contributed by atoms with Crippen LogP contribution in [0.4, 0.5) is 11.6 Å². The summed E-state index contributed by atoms with van der Waals surface area (Å²) < 4.78 is 2.95. The highest BCUT2D eigenvalue weighted by Crippen LogP contribution is 2.19. The molecule has 0 aliphatic rings. The lowest BCUT2D eigenvalue weighted by atomic mass is 10.3. The molecular formula is C14H11BrN4. The van der Waals surface area contributed by atoms with Crippen LogP contribution in [0.5, 0.6) is 0 Å². The quantitative estimate of drug-likeness (QED) is 0.800. The summed E-state index contributed by atoms with van der Waals surface area (Å²) in [4.78, 5) is 0. The van der Waals surface area contributed by atoms with Crippen LogP contribution in [0, 0.1) is 0 Å². The molecule has 1 N–H and O–H groups in total. The summed E-state index contributed by atoms with van der Waals surface area (Å²) in [7, 11) is 0. The van der Waals surface area contributed by atoms with Crippen LogP contribution in [0.1, 0.15) is 0 Å². The van der Waals surface area contributed by atoms with Gasteiger partial charge in [-0.1, -0.05) is 34.1 Å². The molecule has 1 aromatic heterocycles. The van der Waals surface area contributed by atoms with Crippen LogP contribution in [-0.4, -0.2) is 14.8 Å². The van der Waals surface area contributed by atoms with E-state index in [4.69, 9.17) is 0 Å². The molecule has 3 aromatic rings. The third-order valence-corrected chi connectivity index (χ3v) is 3.21. The number of aromatic nitrogens is 3. The minimum atomic E-state index is 0.688. The molecule has 4 nitrogen and oxygen atoms in total. The van der Waals surface area contributed by atoms with Crippen molar-refractivity contribution in [2.75, 3.05) is 5.32 Å². The Labute approximate surface area is 119 Å². The summed E-state index contributed by atoms with van der Waals surface area (Å²) in [6.07, 6.45) is 1.69. The summed E-state index contributed by atoms with van der Waals surface area (Å²) in [5.74, 6) is 0.688. The molecule has 19 heavy (non-hydrogen) atoms. The predicted molar refractivity (Wildman–Crippen MR) is 78.8 cm³/mol. The van der Waals surface area contributed by atoms with Crippen molar-refractivity contribution in [1.29, 1.82) is 0 Å². The average molecular weight is 315 g/mol. The van der Waals surface area contributed by atoms with Crippen molar-refractivity contribution in [3.05, 3.63) is 65.4 Å². The highest BCUT2D eigenvalue weighted by Gasteiger charge is 2.06. The second-order valence-electron chi connectivity index (χ2n) is 3.99. The van der Waals surface area contributed by atoms with Gasteiger partial charge in [0.25, 0.3) is 0 Å². The van der Waals surface area contributed by atoms with Crippen LogP contribution < -0.4 is 5.32 Å². The van der Waals surface area contributed by atoms with E-state index in [9.17, 15) is 0 Å². The first-order chi connectivity index (χ1) is 9.33. The maximum absolute atomic E-state index is 4.10. The number of rotatable bonds is 3. The van der Waals surface area contributed by atoms with Crippen molar-refractivity contribution in [1.82, 2.24) is 14.8 Å². The van der Waals surface area contributed by atoms with E-state index in [-0.39, 0.29) is 0 Å². The van der Waals surface area contributed by atoms with Crippen molar-refractivity contribution in [2.24, 2.45) is 0 Å². The van der Waals surface area contributed by atoms with E-state index in [1.807, 2.05) is 59.2 Å². The highest BCUT2D eigenvalue weighted by molar-refractivity contribution is 9.10. The van der Waals surface area contributed by atoms with Gasteiger partial charge in [-0.15, -0.1) is 10.2 Å². The molecule has 0 fully saturated rings. The molecule has 2 aromatic carbocycles. The lowest BCUT2D eigenvalue weighted by Crippen LogP contribution is -2.00. The number of nitrogens with zero attached hydrogens (tertiary/aromatic N) is 3. The Hall–Kier alpha value is -2.14. The number of halogens is 1. The van der Waals surface area contributed by atoms with Crippen LogP contribution in [0.3, 0.4) is 0 Å². The minimum Gasteiger partial charge on any atom is -0.324 e. The lowest BCUT2D eigenvalue weighted by molar-refractivity contribution is 1.06. The topological polar surface area (TPSA) is 42.7 Å². The van der Waals surface area contributed by atoms with Crippen LogP contribution in [-0.2, 0) is 0 Å². The summed E-state index contributed by atoms with van der Waals surface area (Å²) in [6.45, 7) is 0. The Morgan fingerprint density at radius 2 is 1.68 bits per heavy atom. The number of hydrogen-bond donors (Lipinski definition) is 1. The van der Waals surface area contributed by atoms with E-state index in [0.717, 1.165) is 15.8 Å². The smallest absolute Gasteiger partial charge is 0.233 e. The Kier molecular flexibility index (Phi) is 3.29. The van der Waals surface area contributed by atoms with Gasteiger partial charge in [-0.3, -0.25) is 4.57 Å². The molecule has 0 aliphatic heterocycles. The third kappa shape index (κ3) is 2.66. The van der Waals surface area contributed by atoms with Gasteiger partial charge in [0.2, 0.25) is 5.95 Å². The van der Waals surface area contributed by atoms with Gasteiger partial charge in [0.15, 0.2) is 0 Å². The van der Waals surface area contributed by atoms with Crippen LogP contribution >= 0.6 is 15.9 Å². The fourth-order valence-corrected chi connectivity index (χ4v) is 2.03. The molecule has 1 heterocycles. The maximum Gasteiger partial charge on any atom is 0.233 e. The zero-order valence-corrected chi connectivity index (χ0v) is 11.6. The maximum atomic E-state index is 4.10. The minimum absolute atomic E-state index is 0.688. The second kappa shape index (κ2) is 5.24. The SMILES string of the molecule is Brc1ccc(-n2cnnc2Nc2ccccc2)cc1. The van der Waals surface area contributed by atoms with Crippen LogP contribution in [0.2, 0.25) is 0 Å². The summed E-state index contributed by atoms with van der Waals surface area (Å²) in [6, 6.07) is 17.9. The molecule has 0 unspecified atom stereocenters. The number of hydrogen-bond acceptors (Lipinski definition) is 3. The molecule has 0 saturated heterocycles. The van der Waals surface area contributed by atoms with E-state index in [1.54, 1.807) is 6.33 Å². The van der Waals surface area contributed by atoms with Crippen molar-refractivity contribution in [2.45, 2.75) is 0 Å². The molecule has 0 amide bonds. The van der Waals surface area contributed by atoms with Crippen LogP contribution in [0.25, 0.3) is 5.69 Å². The van der Waals surface area contributed by atoms with E-state index in [2.05, 4.69) is 31.4 Å². The fourth-order valence-electron chi connectivity index (χ4n) is 1.76. The van der Waals surface area contributed by atoms with Crippen molar-refractivity contribution in [3.8, 4) is 5.69 Å². The zero-order valence-electron chi connectivity index (χ0n) is 9.99. The molecular weight excluding hydrogens is 304 g/mol. The molecule has 0 saturated carbocycles. The first kappa shape index (κ1) is 11.9. The third-order valence-electron chi connectivity index (χ3n) is 2.68. The van der Waals surface area contributed by atoms with Gasteiger partial charge >= 0.3 is 0 Å². The first-order valence-electron chi connectivity index (χ1n) is 5.81. The number of nitrogens with one attached hydrogen (secondary N) is 1. The summed E-state index contributed by atoms with van der Waals surface area (Å²) >= 11 is 3.42. The lowest BCUT2D eigenvalue weighted by Gasteiger charge is -2.08. The van der Waals surface area contributed by atoms with E-state index in [1.165, 1.54) is 0 Å². The molecule has 0 radical (unpaired) electrons. The van der Waals surface area contributed by atoms with Gasteiger partial charge in [-0.2, -0.15) is 0 Å². The van der Waals surface area contributed by atoms with E-state index < -0.39 is 0 Å². The largest absolute Gasteiger partial charge is 0.324 e. The molecule has 0 atom stereocenters. The standard InChI is InChI=1S/C14H11BrN4/c15-11-6-8-13(9-7-11)19-10-16-18-14(19)17-12-4-2-1-3-5-12/h1-10H,(H,17,18).